The van der Waals surface area contributed by atoms with Crippen LogP contribution in [0.2, 0.25) is 0 Å². The topological polar surface area (TPSA) is 106 Å². The van der Waals surface area contributed by atoms with Gasteiger partial charge in [-0.05, 0) is 67.9 Å². The highest BCUT2D eigenvalue weighted by atomic mass is 32.2. The van der Waals surface area contributed by atoms with Crippen LogP contribution in [0.25, 0.3) is 22.4 Å². The third-order valence-corrected chi connectivity index (χ3v) is 9.29. The first-order chi connectivity index (χ1) is 20.4. The molecule has 1 saturated heterocycles. The molecule has 0 radical (unpaired) electrons. The Hall–Kier alpha value is -4.16. The predicted molar refractivity (Wildman–Crippen MR) is 154 cm³/mol. The molecule has 3 aromatic carbocycles. The Labute approximate surface area is 241 Å². The highest BCUT2D eigenvalue weighted by Crippen LogP contribution is 2.32. The smallest absolute Gasteiger partial charge is 0.314 e. The van der Waals surface area contributed by atoms with Gasteiger partial charge >= 0.3 is 6.43 Å². The fourth-order valence-corrected chi connectivity index (χ4v) is 6.78. The van der Waals surface area contributed by atoms with Crippen LogP contribution < -0.4 is 4.31 Å². The number of fused-ring (bicyclic) bond motifs is 1. The molecule has 2 aromatic heterocycles. The molecule has 0 amide bonds. The number of aromatic nitrogens is 3. The zero-order valence-corrected chi connectivity index (χ0v) is 23.5. The number of halogens is 2. The Morgan fingerprint density at radius 3 is 2.36 bits per heavy atom. The Balaban J connectivity index is 1.11. The predicted octanol–water partition coefficient (Wildman–Crippen LogP) is 6.03. The van der Waals surface area contributed by atoms with Gasteiger partial charge in [-0.1, -0.05) is 47.6 Å². The molecule has 9 nitrogen and oxygen atoms in total. The summed E-state index contributed by atoms with van der Waals surface area (Å²) in [6.45, 7) is 2.08. The van der Waals surface area contributed by atoms with E-state index in [0.717, 1.165) is 48.2 Å². The molecule has 1 aliphatic rings. The lowest BCUT2D eigenvalue weighted by Gasteiger charge is -2.32. The van der Waals surface area contributed by atoms with Gasteiger partial charge in [0.25, 0.3) is 5.89 Å². The number of anilines is 1. The van der Waals surface area contributed by atoms with Crippen molar-refractivity contribution in [2.75, 3.05) is 29.7 Å². The first kappa shape index (κ1) is 28.0. The van der Waals surface area contributed by atoms with Gasteiger partial charge in [0, 0.05) is 23.4 Å². The molecule has 0 saturated carbocycles. The average molecular weight is 594 g/mol. The van der Waals surface area contributed by atoms with E-state index in [9.17, 15) is 17.2 Å². The number of piperidine rings is 1. The molecule has 0 aliphatic carbocycles. The van der Waals surface area contributed by atoms with Crippen LogP contribution in [-0.2, 0) is 16.6 Å². The van der Waals surface area contributed by atoms with Crippen molar-refractivity contribution >= 4 is 26.7 Å². The summed E-state index contributed by atoms with van der Waals surface area (Å²) in [5.74, 6) is -0.522. The highest BCUT2D eigenvalue weighted by molar-refractivity contribution is 7.92. The van der Waals surface area contributed by atoms with Crippen LogP contribution in [0.4, 0.5) is 14.5 Å². The van der Waals surface area contributed by atoms with E-state index in [1.807, 2.05) is 30.3 Å². The third-order valence-electron chi connectivity index (χ3n) is 7.58. The van der Waals surface area contributed by atoms with Gasteiger partial charge in [0.15, 0.2) is 5.58 Å². The molecule has 6 rings (SSSR count). The normalized spacial score (nSPS) is 15.0. The second kappa shape index (κ2) is 12.0. The van der Waals surface area contributed by atoms with Crippen LogP contribution in [0.1, 0.15) is 42.3 Å². The zero-order valence-electron chi connectivity index (χ0n) is 22.6. The number of alkyl halides is 2. The maximum absolute atomic E-state index is 13.7. The quantitative estimate of drug-likeness (QED) is 0.193. The van der Waals surface area contributed by atoms with Crippen LogP contribution in [0.5, 0.6) is 0 Å². The van der Waals surface area contributed by atoms with Gasteiger partial charge in [-0.2, -0.15) is 8.78 Å². The molecule has 3 heterocycles. The van der Waals surface area contributed by atoms with Gasteiger partial charge in [-0.15, -0.1) is 10.2 Å². The summed E-state index contributed by atoms with van der Waals surface area (Å²) < 4.78 is 65.0. The first-order valence-corrected chi connectivity index (χ1v) is 15.3. The molecule has 0 atom stereocenters. The molecule has 42 heavy (non-hydrogen) atoms. The summed E-state index contributed by atoms with van der Waals surface area (Å²) in [4.78, 5) is 2.19. The lowest BCUT2D eigenvalue weighted by Crippen LogP contribution is -2.40. The number of para-hydroxylation sites is 2. The van der Waals surface area contributed by atoms with Crippen LogP contribution in [-0.4, -0.2) is 54.1 Å². The largest absolute Gasteiger partial charge is 0.415 e. The molecular weight excluding hydrogens is 564 g/mol. The van der Waals surface area contributed by atoms with Gasteiger partial charge in [0.1, 0.15) is 0 Å². The number of likely N-dealkylation sites (tertiary alicyclic amines) is 1. The minimum absolute atomic E-state index is 0.0232. The van der Waals surface area contributed by atoms with Crippen LogP contribution in [0.15, 0.2) is 87.8 Å². The Morgan fingerprint density at radius 1 is 0.929 bits per heavy atom. The molecule has 0 spiro atoms. The fraction of sp³-hybridized carbons (Fsp3) is 0.300. The van der Waals surface area contributed by atoms with Crippen molar-refractivity contribution in [1.29, 1.82) is 0 Å². The van der Waals surface area contributed by atoms with Crippen molar-refractivity contribution in [1.82, 2.24) is 20.3 Å². The minimum atomic E-state index is -3.69. The number of sulfonamides is 1. The number of hydrogen-bond acceptors (Lipinski definition) is 8. The molecule has 0 unspecified atom stereocenters. The average Bonchev–Trinajstić information content (AvgIpc) is 3.68. The second-order valence-corrected chi connectivity index (χ2v) is 12.3. The molecule has 12 heteroatoms. The minimum Gasteiger partial charge on any atom is -0.415 e. The fourth-order valence-electron chi connectivity index (χ4n) is 5.29. The summed E-state index contributed by atoms with van der Waals surface area (Å²) in [5, 5.41) is 12.4. The van der Waals surface area contributed by atoms with Crippen molar-refractivity contribution in [2.45, 2.75) is 31.7 Å². The van der Waals surface area contributed by atoms with E-state index < -0.39 is 22.3 Å². The van der Waals surface area contributed by atoms with Crippen LogP contribution in [0, 0.1) is 0 Å². The monoisotopic (exact) mass is 593 g/mol. The SMILES string of the molecule is O=S(=O)(CCN1CCC(c2noc3ccccc23)CC1)N(Cc1ccc(-c2nnc(C(F)F)o2)cc1)c1ccccc1. The van der Waals surface area contributed by atoms with Gasteiger partial charge in [-0.3, -0.25) is 4.31 Å². The van der Waals surface area contributed by atoms with E-state index in [1.54, 1.807) is 48.5 Å². The number of rotatable bonds is 10. The van der Waals surface area contributed by atoms with Crippen molar-refractivity contribution < 1.29 is 26.1 Å². The second-order valence-electron chi connectivity index (χ2n) is 10.3. The molecule has 1 fully saturated rings. The Kier molecular flexibility index (Phi) is 7.98. The number of nitrogens with zero attached hydrogens (tertiary/aromatic N) is 5. The third kappa shape index (κ3) is 6.04. The summed E-state index contributed by atoms with van der Waals surface area (Å²) in [7, 11) is -3.69. The standard InChI is InChI=1S/C30H29F2N5O4S/c31-28(32)30-34-33-29(40-30)23-12-10-21(11-13-23)20-37(24-6-2-1-3-7-24)42(38,39)19-18-36-16-14-22(15-17-36)27-25-8-4-5-9-26(25)41-35-27/h1-13,22,28H,14-20H2. The number of hydrogen-bond donors (Lipinski definition) is 0. The van der Waals surface area contributed by atoms with E-state index in [4.69, 9.17) is 8.94 Å². The molecule has 0 N–H and O–H groups in total. The lowest BCUT2D eigenvalue weighted by molar-refractivity contribution is 0.116. The van der Waals surface area contributed by atoms with E-state index in [0.29, 0.717) is 17.8 Å². The molecule has 5 aromatic rings. The summed E-state index contributed by atoms with van der Waals surface area (Å²) >= 11 is 0. The summed E-state index contributed by atoms with van der Waals surface area (Å²) in [6.07, 6.45) is -1.09. The Bertz CT molecular complexity index is 1730. The molecule has 1 aliphatic heterocycles. The van der Waals surface area contributed by atoms with Gasteiger partial charge in [0.05, 0.1) is 23.7 Å². The van der Waals surface area contributed by atoms with Crippen LogP contribution in [0.3, 0.4) is 0 Å². The van der Waals surface area contributed by atoms with E-state index in [1.165, 1.54) is 4.31 Å². The van der Waals surface area contributed by atoms with Crippen LogP contribution >= 0.6 is 0 Å². The van der Waals surface area contributed by atoms with Crippen molar-refractivity contribution in [3.63, 3.8) is 0 Å². The highest BCUT2D eigenvalue weighted by Gasteiger charge is 2.28. The van der Waals surface area contributed by atoms with Crippen molar-refractivity contribution in [3.05, 3.63) is 96.0 Å². The number of benzene rings is 3. The molecule has 0 bridgehead atoms. The van der Waals surface area contributed by atoms with Crippen molar-refractivity contribution in [3.8, 4) is 11.5 Å². The van der Waals surface area contributed by atoms with Gasteiger partial charge < -0.3 is 13.8 Å². The van der Waals surface area contributed by atoms with Gasteiger partial charge in [0.2, 0.25) is 15.9 Å². The molecular formula is C30H29F2N5O4S. The van der Waals surface area contributed by atoms with E-state index in [2.05, 4.69) is 20.3 Å². The van der Waals surface area contributed by atoms with Gasteiger partial charge in [-0.25, -0.2) is 8.42 Å². The van der Waals surface area contributed by atoms with E-state index >= 15 is 0 Å². The van der Waals surface area contributed by atoms with E-state index in [-0.39, 0.29) is 24.1 Å². The maximum atomic E-state index is 13.7. The molecule has 218 valence electrons. The first-order valence-electron chi connectivity index (χ1n) is 13.7. The Morgan fingerprint density at radius 2 is 1.64 bits per heavy atom. The summed E-state index contributed by atoms with van der Waals surface area (Å²) in [5.41, 5.74) is 3.52. The van der Waals surface area contributed by atoms with Crippen molar-refractivity contribution in [2.24, 2.45) is 0 Å². The maximum Gasteiger partial charge on any atom is 0.314 e. The summed E-state index contributed by atoms with van der Waals surface area (Å²) in [6, 6.07) is 23.6. The zero-order chi connectivity index (χ0) is 29.1. The lowest BCUT2D eigenvalue weighted by atomic mass is 9.92.